The number of carbonyl (C=O) groups is 1. The van der Waals surface area contributed by atoms with E-state index in [0.717, 1.165) is 0 Å². The second-order valence-electron chi connectivity index (χ2n) is 5.10. The number of carbonyl (C=O) groups excluding carboxylic acids is 1. The van der Waals surface area contributed by atoms with Crippen molar-refractivity contribution in [2.45, 2.75) is 39.4 Å². The van der Waals surface area contributed by atoms with Crippen LogP contribution in [0.25, 0.3) is 0 Å². The molecule has 0 radical (unpaired) electrons. The number of hydrogen-bond acceptors (Lipinski definition) is 5. The van der Waals surface area contributed by atoms with Gasteiger partial charge in [0.2, 0.25) is 6.61 Å². The molecule has 118 valence electrons. The zero-order valence-corrected chi connectivity index (χ0v) is 12.8. The van der Waals surface area contributed by atoms with E-state index in [-0.39, 0.29) is 31.0 Å². The standard InChI is InChI=1S/C16H23NO4/c1-5-7-15-11(3)8-9-13(12(4)14(18)6-2)17-20-10-16(19)21-15/h5,7-9,11-12,14-15H,2,6,10H2,1,3-4H3/q-2/b7-5+,9-8+,17-13-. The van der Waals surface area contributed by atoms with Gasteiger partial charge in [0.25, 0.3) is 0 Å². The van der Waals surface area contributed by atoms with E-state index in [1.807, 2.05) is 32.1 Å². The van der Waals surface area contributed by atoms with Gasteiger partial charge < -0.3 is 21.6 Å². The lowest BCUT2D eigenvalue weighted by molar-refractivity contribution is -0.425. The fraction of sp³-hybridized carbons (Fsp3) is 0.562. The molecule has 0 aromatic carbocycles. The Morgan fingerprint density at radius 1 is 1.62 bits per heavy atom. The predicted molar refractivity (Wildman–Crippen MR) is 79.3 cm³/mol. The van der Waals surface area contributed by atoms with Crippen LogP contribution in [-0.4, -0.2) is 30.5 Å². The van der Waals surface area contributed by atoms with Crippen molar-refractivity contribution in [2.24, 2.45) is 17.0 Å². The monoisotopic (exact) mass is 293 g/mol. The molecule has 0 bridgehead atoms. The van der Waals surface area contributed by atoms with Gasteiger partial charge in [-0.15, -0.1) is 6.10 Å². The van der Waals surface area contributed by atoms with Gasteiger partial charge in [-0.25, -0.2) is 4.79 Å². The van der Waals surface area contributed by atoms with Gasteiger partial charge in [0.1, 0.15) is 6.10 Å². The average molecular weight is 293 g/mol. The number of hydrogen-bond donors (Lipinski definition) is 0. The van der Waals surface area contributed by atoms with Crippen molar-refractivity contribution < 1.29 is 19.5 Å². The molecule has 1 aliphatic heterocycles. The number of cyclic esters (lactones) is 1. The van der Waals surface area contributed by atoms with Crippen LogP contribution in [0.3, 0.4) is 0 Å². The van der Waals surface area contributed by atoms with E-state index < -0.39 is 12.1 Å². The maximum absolute atomic E-state index is 11.8. The fourth-order valence-corrected chi connectivity index (χ4v) is 1.92. The second-order valence-corrected chi connectivity index (χ2v) is 5.10. The molecule has 0 aromatic rings. The van der Waals surface area contributed by atoms with Gasteiger partial charge in [-0.3, -0.25) is 0 Å². The van der Waals surface area contributed by atoms with Gasteiger partial charge in [0.05, 0.1) is 5.71 Å². The van der Waals surface area contributed by atoms with Crippen molar-refractivity contribution in [2.75, 3.05) is 6.61 Å². The first kappa shape index (κ1) is 17.4. The van der Waals surface area contributed by atoms with Gasteiger partial charge >= 0.3 is 5.97 Å². The topological polar surface area (TPSA) is 71.0 Å². The van der Waals surface area contributed by atoms with Gasteiger partial charge in [-0.05, 0) is 25.0 Å². The quantitative estimate of drug-likeness (QED) is 0.449. The molecular formula is C16H23NO4-2. The van der Waals surface area contributed by atoms with E-state index in [9.17, 15) is 9.90 Å². The van der Waals surface area contributed by atoms with Crippen LogP contribution in [0.15, 0.2) is 29.5 Å². The molecule has 4 unspecified atom stereocenters. The lowest BCUT2D eigenvalue weighted by Gasteiger charge is -2.31. The highest BCUT2D eigenvalue weighted by Crippen LogP contribution is 2.15. The van der Waals surface area contributed by atoms with Crippen molar-refractivity contribution in [1.82, 2.24) is 0 Å². The van der Waals surface area contributed by atoms with Gasteiger partial charge in [0, 0.05) is 5.92 Å². The highest BCUT2D eigenvalue weighted by atomic mass is 16.7. The van der Waals surface area contributed by atoms with Crippen LogP contribution in [0.2, 0.25) is 0 Å². The summed E-state index contributed by atoms with van der Waals surface area (Å²) in [7, 11) is 0. The van der Waals surface area contributed by atoms with Crippen LogP contribution >= 0.6 is 0 Å². The van der Waals surface area contributed by atoms with Crippen molar-refractivity contribution in [3.8, 4) is 0 Å². The Kier molecular flexibility index (Phi) is 7.15. The van der Waals surface area contributed by atoms with Crippen molar-refractivity contribution in [3.05, 3.63) is 31.2 Å². The lowest BCUT2D eigenvalue weighted by atomic mass is 9.95. The molecule has 1 rings (SSSR count). The first-order chi connectivity index (χ1) is 9.99. The summed E-state index contributed by atoms with van der Waals surface area (Å²) in [5.74, 6) is -0.834. The Morgan fingerprint density at radius 3 is 2.95 bits per heavy atom. The second kappa shape index (κ2) is 8.62. The minimum Gasteiger partial charge on any atom is -0.853 e. The van der Waals surface area contributed by atoms with Gasteiger partial charge in [-0.1, -0.05) is 31.2 Å². The number of esters is 1. The van der Waals surface area contributed by atoms with Crippen molar-refractivity contribution >= 4 is 11.7 Å². The van der Waals surface area contributed by atoms with Crippen molar-refractivity contribution in [1.29, 1.82) is 0 Å². The fourth-order valence-electron chi connectivity index (χ4n) is 1.92. The largest absolute Gasteiger partial charge is 0.853 e. The molecule has 0 amide bonds. The Hall–Kier alpha value is -1.62. The molecule has 1 aliphatic rings. The number of rotatable bonds is 4. The number of nitrogens with zero attached hydrogens (tertiary/aromatic N) is 1. The van der Waals surface area contributed by atoms with Gasteiger partial charge in [-0.2, -0.15) is 6.42 Å². The molecule has 0 N–H and O–H groups in total. The Morgan fingerprint density at radius 2 is 2.33 bits per heavy atom. The molecule has 0 saturated carbocycles. The van der Waals surface area contributed by atoms with Crippen LogP contribution < -0.4 is 5.11 Å². The van der Waals surface area contributed by atoms with Gasteiger partial charge in [0.15, 0.2) is 0 Å². The number of ether oxygens (including phenoxy) is 1. The third-order valence-electron chi connectivity index (χ3n) is 3.40. The molecule has 0 spiro atoms. The third-order valence-corrected chi connectivity index (χ3v) is 3.40. The number of oxime groups is 1. The smallest absolute Gasteiger partial charge is 0.347 e. The van der Waals surface area contributed by atoms with Crippen LogP contribution in [-0.2, 0) is 14.4 Å². The predicted octanol–water partition coefficient (Wildman–Crippen LogP) is 1.64. The molecule has 4 atom stereocenters. The minimum absolute atomic E-state index is 0.0227. The van der Waals surface area contributed by atoms with E-state index in [1.54, 1.807) is 13.0 Å². The molecular weight excluding hydrogens is 270 g/mol. The van der Waals surface area contributed by atoms with Crippen LogP contribution in [0, 0.1) is 18.8 Å². The minimum atomic E-state index is -0.853. The maximum atomic E-state index is 11.8. The maximum Gasteiger partial charge on any atom is 0.347 e. The molecule has 5 heteroatoms. The van der Waals surface area contributed by atoms with Crippen LogP contribution in [0.5, 0.6) is 0 Å². The lowest BCUT2D eigenvalue weighted by Crippen LogP contribution is -2.36. The molecule has 0 saturated heterocycles. The third kappa shape index (κ3) is 5.34. The summed E-state index contributed by atoms with van der Waals surface area (Å²) >= 11 is 0. The Labute approximate surface area is 126 Å². The summed E-state index contributed by atoms with van der Waals surface area (Å²) < 4.78 is 5.30. The van der Waals surface area contributed by atoms with E-state index in [0.29, 0.717) is 5.71 Å². The van der Waals surface area contributed by atoms with E-state index >= 15 is 0 Å². The summed E-state index contributed by atoms with van der Waals surface area (Å²) in [6, 6.07) is 0. The molecule has 21 heavy (non-hydrogen) atoms. The number of allylic oxidation sites excluding steroid dienone is 2. The SMILES string of the molecule is [CH2-]CC([O-])C(C)C1=N\OCC(=O)OC(/C=C/C)C(C)\C=C\1. The average Bonchev–Trinajstić information content (AvgIpc) is 2.47. The summed E-state index contributed by atoms with van der Waals surface area (Å²) in [6.45, 7) is 8.95. The Bertz CT molecular complexity index is 428. The van der Waals surface area contributed by atoms with Crippen LogP contribution in [0.4, 0.5) is 0 Å². The molecule has 0 aliphatic carbocycles. The zero-order valence-electron chi connectivity index (χ0n) is 12.8. The highest BCUT2D eigenvalue weighted by molar-refractivity contribution is 5.96. The molecule has 1 heterocycles. The summed E-state index contributed by atoms with van der Waals surface area (Å²) in [5, 5.41) is 15.7. The van der Waals surface area contributed by atoms with Crippen LogP contribution in [0.1, 0.15) is 27.2 Å². The summed E-state index contributed by atoms with van der Waals surface area (Å²) in [5.41, 5.74) is 0.527. The molecule has 0 aromatic heterocycles. The first-order valence-electron chi connectivity index (χ1n) is 7.15. The van der Waals surface area contributed by atoms with E-state index in [1.165, 1.54) is 0 Å². The van der Waals surface area contributed by atoms with E-state index in [2.05, 4.69) is 12.1 Å². The first-order valence-corrected chi connectivity index (χ1v) is 7.15. The normalized spacial score (nSPS) is 30.7. The molecule has 0 fully saturated rings. The molecule has 5 nitrogen and oxygen atoms in total. The summed E-state index contributed by atoms with van der Waals surface area (Å²) in [6.07, 6.45) is 6.36. The highest BCUT2D eigenvalue weighted by Gasteiger charge is 2.19. The zero-order chi connectivity index (χ0) is 15.8. The van der Waals surface area contributed by atoms with E-state index in [4.69, 9.17) is 9.57 Å². The van der Waals surface area contributed by atoms with Crippen molar-refractivity contribution in [3.63, 3.8) is 0 Å². The summed E-state index contributed by atoms with van der Waals surface area (Å²) in [4.78, 5) is 16.6. The Balaban J connectivity index is 2.97.